The van der Waals surface area contributed by atoms with Gasteiger partial charge < -0.3 is 0 Å². The molecule has 1 aliphatic carbocycles. The maximum absolute atomic E-state index is 4.01. The van der Waals surface area contributed by atoms with E-state index in [1.807, 2.05) is 0 Å². The maximum atomic E-state index is 4.01. The smallest absolute Gasteiger partial charge is 0.0203 e. The summed E-state index contributed by atoms with van der Waals surface area (Å²) < 4.78 is 0. The molecule has 1 rings (SSSR count). The SMILES string of the molecule is C=C(C)C1CCC(/C=C\C)C1. The summed E-state index contributed by atoms with van der Waals surface area (Å²) in [6.45, 7) is 8.27. The van der Waals surface area contributed by atoms with Crippen LogP contribution in [0.2, 0.25) is 0 Å². The minimum absolute atomic E-state index is 0.802. The third-order valence-electron chi connectivity index (χ3n) is 2.63. The molecule has 2 atom stereocenters. The van der Waals surface area contributed by atoms with E-state index in [2.05, 4.69) is 32.6 Å². The van der Waals surface area contributed by atoms with Gasteiger partial charge in [0.25, 0.3) is 0 Å². The summed E-state index contributed by atoms with van der Waals surface area (Å²) in [5.74, 6) is 1.64. The average Bonchev–Trinajstić information content (AvgIpc) is 2.37. The second kappa shape index (κ2) is 3.75. The Morgan fingerprint density at radius 3 is 2.64 bits per heavy atom. The van der Waals surface area contributed by atoms with Gasteiger partial charge in [-0.3, -0.25) is 0 Å². The van der Waals surface area contributed by atoms with E-state index in [0.717, 1.165) is 11.8 Å². The fraction of sp³-hybridized carbons (Fsp3) is 0.636. The Balaban J connectivity index is 2.40. The Morgan fingerprint density at radius 2 is 2.18 bits per heavy atom. The molecule has 0 radical (unpaired) electrons. The molecule has 0 heterocycles. The fourth-order valence-electron chi connectivity index (χ4n) is 1.91. The molecule has 1 saturated carbocycles. The number of hydrogen-bond acceptors (Lipinski definition) is 0. The predicted molar refractivity (Wildman–Crippen MR) is 50.5 cm³/mol. The minimum Gasteiger partial charge on any atom is -0.0999 e. The van der Waals surface area contributed by atoms with E-state index in [4.69, 9.17) is 0 Å². The van der Waals surface area contributed by atoms with E-state index >= 15 is 0 Å². The second-order valence-corrected chi connectivity index (χ2v) is 3.64. The summed E-state index contributed by atoms with van der Waals surface area (Å²) in [5.41, 5.74) is 1.37. The van der Waals surface area contributed by atoms with Crippen molar-refractivity contribution >= 4 is 0 Å². The topological polar surface area (TPSA) is 0 Å². The molecule has 0 aromatic carbocycles. The van der Waals surface area contributed by atoms with Gasteiger partial charge in [-0.05, 0) is 44.9 Å². The van der Waals surface area contributed by atoms with Crippen LogP contribution in [0, 0.1) is 11.8 Å². The van der Waals surface area contributed by atoms with Crippen LogP contribution in [0.25, 0.3) is 0 Å². The quantitative estimate of drug-likeness (QED) is 0.528. The van der Waals surface area contributed by atoms with Crippen molar-refractivity contribution in [3.05, 3.63) is 24.3 Å². The van der Waals surface area contributed by atoms with Crippen LogP contribution in [0.5, 0.6) is 0 Å². The van der Waals surface area contributed by atoms with Gasteiger partial charge in [0.2, 0.25) is 0 Å². The van der Waals surface area contributed by atoms with Crippen molar-refractivity contribution in [1.82, 2.24) is 0 Å². The van der Waals surface area contributed by atoms with E-state index in [1.165, 1.54) is 24.8 Å². The third-order valence-corrected chi connectivity index (χ3v) is 2.63. The number of rotatable bonds is 2. The van der Waals surface area contributed by atoms with Gasteiger partial charge in [0.05, 0.1) is 0 Å². The molecule has 0 amide bonds. The molecule has 62 valence electrons. The Bertz CT molecular complexity index is 165. The van der Waals surface area contributed by atoms with Crippen molar-refractivity contribution < 1.29 is 0 Å². The van der Waals surface area contributed by atoms with Gasteiger partial charge in [0.15, 0.2) is 0 Å². The summed E-state index contributed by atoms with van der Waals surface area (Å²) in [6.07, 6.45) is 8.56. The summed E-state index contributed by atoms with van der Waals surface area (Å²) in [7, 11) is 0. The molecule has 0 saturated heterocycles. The van der Waals surface area contributed by atoms with Crippen LogP contribution in [0.15, 0.2) is 24.3 Å². The van der Waals surface area contributed by atoms with Gasteiger partial charge in [-0.15, -0.1) is 0 Å². The van der Waals surface area contributed by atoms with Crippen LogP contribution in [0.1, 0.15) is 33.1 Å². The Morgan fingerprint density at radius 1 is 1.45 bits per heavy atom. The van der Waals surface area contributed by atoms with E-state index in [0.29, 0.717) is 0 Å². The van der Waals surface area contributed by atoms with E-state index in [9.17, 15) is 0 Å². The molecule has 0 aromatic rings. The highest BCUT2D eigenvalue weighted by Gasteiger charge is 2.22. The predicted octanol–water partition coefficient (Wildman–Crippen LogP) is 3.55. The van der Waals surface area contributed by atoms with Crippen molar-refractivity contribution in [3.63, 3.8) is 0 Å². The van der Waals surface area contributed by atoms with Gasteiger partial charge in [0, 0.05) is 0 Å². The summed E-state index contributed by atoms with van der Waals surface area (Å²) in [5, 5.41) is 0. The molecule has 0 N–H and O–H groups in total. The highest BCUT2D eigenvalue weighted by Crippen LogP contribution is 2.35. The van der Waals surface area contributed by atoms with Crippen LogP contribution >= 0.6 is 0 Å². The van der Waals surface area contributed by atoms with Crippen molar-refractivity contribution in [1.29, 1.82) is 0 Å². The second-order valence-electron chi connectivity index (χ2n) is 3.64. The van der Waals surface area contributed by atoms with Crippen LogP contribution in [0.3, 0.4) is 0 Å². The number of hydrogen-bond donors (Lipinski definition) is 0. The first-order valence-electron chi connectivity index (χ1n) is 4.52. The normalized spacial score (nSPS) is 31.5. The lowest BCUT2D eigenvalue weighted by Gasteiger charge is -2.07. The van der Waals surface area contributed by atoms with Crippen molar-refractivity contribution in [2.45, 2.75) is 33.1 Å². The zero-order chi connectivity index (χ0) is 8.27. The molecule has 1 fully saturated rings. The minimum atomic E-state index is 0.802. The van der Waals surface area contributed by atoms with Gasteiger partial charge in [-0.1, -0.05) is 24.3 Å². The monoisotopic (exact) mass is 150 g/mol. The van der Waals surface area contributed by atoms with Crippen molar-refractivity contribution in [2.75, 3.05) is 0 Å². The number of allylic oxidation sites excluding steroid dienone is 3. The zero-order valence-corrected chi connectivity index (χ0v) is 7.64. The lowest BCUT2D eigenvalue weighted by atomic mass is 9.99. The Labute approximate surface area is 70.0 Å². The van der Waals surface area contributed by atoms with Crippen LogP contribution in [0.4, 0.5) is 0 Å². The van der Waals surface area contributed by atoms with Crippen molar-refractivity contribution in [2.24, 2.45) is 11.8 Å². The first-order valence-corrected chi connectivity index (χ1v) is 4.52. The largest absolute Gasteiger partial charge is 0.0999 e. The van der Waals surface area contributed by atoms with E-state index in [1.54, 1.807) is 0 Å². The van der Waals surface area contributed by atoms with Crippen molar-refractivity contribution in [3.8, 4) is 0 Å². The van der Waals surface area contributed by atoms with Crippen LogP contribution in [-0.4, -0.2) is 0 Å². The lowest BCUT2D eigenvalue weighted by molar-refractivity contribution is 0.612. The van der Waals surface area contributed by atoms with Crippen LogP contribution < -0.4 is 0 Å². The highest BCUT2D eigenvalue weighted by atomic mass is 14.3. The summed E-state index contributed by atoms with van der Waals surface area (Å²) in [4.78, 5) is 0. The molecule has 0 aromatic heterocycles. The van der Waals surface area contributed by atoms with Gasteiger partial charge >= 0.3 is 0 Å². The molecular formula is C11H18. The molecule has 0 nitrogen and oxygen atoms in total. The summed E-state index contributed by atoms with van der Waals surface area (Å²) >= 11 is 0. The molecule has 11 heavy (non-hydrogen) atoms. The lowest BCUT2D eigenvalue weighted by Crippen LogP contribution is -1.94. The van der Waals surface area contributed by atoms with Gasteiger partial charge in [-0.2, -0.15) is 0 Å². The Kier molecular flexibility index (Phi) is 2.92. The fourth-order valence-corrected chi connectivity index (χ4v) is 1.91. The molecule has 1 aliphatic rings. The van der Waals surface area contributed by atoms with E-state index < -0.39 is 0 Å². The first kappa shape index (κ1) is 8.58. The van der Waals surface area contributed by atoms with Gasteiger partial charge in [0.1, 0.15) is 0 Å². The third kappa shape index (κ3) is 2.21. The zero-order valence-electron chi connectivity index (χ0n) is 7.64. The summed E-state index contributed by atoms with van der Waals surface area (Å²) in [6, 6.07) is 0. The highest BCUT2D eigenvalue weighted by molar-refractivity contribution is 5.03. The standard InChI is InChI=1S/C11H18/c1-4-5-10-6-7-11(8-10)9(2)3/h4-5,10-11H,2,6-8H2,1,3H3/b5-4-. The molecular weight excluding hydrogens is 132 g/mol. The molecule has 0 bridgehead atoms. The molecule has 0 aliphatic heterocycles. The average molecular weight is 150 g/mol. The Hall–Kier alpha value is -0.520. The van der Waals surface area contributed by atoms with Gasteiger partial charge in [-0.25, -0.2) is 0 Å². The van der Waals surface area contributed by atoms with E-state index in [-0.39, 0.29) is 0 Å². The molecule has 2 unspecified atom stereocenters. The maximum Gasteiger partial charge on any atom is -0.0203 e. The first-order chi connectivity index (χ1) is 5.24. The van der Waals surface area contributed by atoms with Crippen LogP contribution in [-0.2, 0) is 0 Å². The molecule has 0 spiro atoms. The molecule has 0 heteroatoms.